The van der Waals surface area contributed by atoms with Crippen molar-refractivity contribution in [2.45, 2.75) is 26.1 Å². The summed E-state index contributed by atoms with van der Waals surface area (Å²) in [5.74, 6) is -1.22. The van der Waals surface area contributed by atoms with Crippen LogP contribution in [-0.2, 0) is 19.6 Å². The monoisotopic (exact) mass is 168 g/mol. The second-order valence-corrected chi connectivity index (χ2v) is 2.03. The lowest BCUT2D eigenvalue weighted by molar-refractivity contribution is -0.519. The van der Waals surface area contributed by atoms with Crippen LogP contribution >= 0.6 is 0 Å². The summed E-state index contributed by atoms with van der Waals surface area (Å²) in [7, 11) is 0. The molecule has 0 amide bonds. The first-order valence-corrected chi connectivity index (χ1v) is 3.08. The molecule has 0 heterocycles. The molecular formula is C5H12O6. The van der Waals surface area contributed by atoms with E-state index in [1.54, 1.807) is 6.92 Å². The lowest BCUT2D eigenvalue weighted by atomic mass is 10.2. The van der Waals surface area contributed by atoms with E-state index in [9.17, 15) is 0 Å². The molecule has 0 aromatic carbocycles. The minimum Gasteiger partial charge on any atom is -0.249 e. The van der Waals surface area contributed by atoms with Gasteiger partial charge >= 0.3 is 0 Å². The molecule has 0 bridgehead atoms. The third-order valence-electron chi connectivity index (χ3n) is 1.17. The average Bonchev–Trinajstić information content (AvgIpc) is 2.05. The first-order chi connectivity index (χ1) is 5.18. The van der Waals surface area contributed by atoms with Crippen molar-refractivity contribution >= 4 is 0 Å². The van der Waals surface area contributed by atoms with Gasteiger partial charge in [0.05, 0.1) is 0 Å². The largest absolute Gasteiger partial charge is 0.249 e. The van der Waals surface area contributed by atoms with E-state index in [4.69, 9.17) is 10.5 Å². The molecule has 0 aromatic rings. The van der Waals surface area contributed by atoms with Gasteiger partial charge in [0, 0.05) is 6.42 Å². The van der Waals surface area contributed by atoms with Crippen molar-refractivity contribution in [2.75, 3.05) is 6.79 Å². The number of rotatable bonds is 6. The molecule has 6 nitrogen and oxygen atoms in total. The summed E-state index contributed by atoms with van der Waals surface area (Å²) in [6, 6.07) is 0. The summed E-state index contributed by atoms with van der Waals surface area (Å²) in [5, 5.41) is 16.1. The zero-order chi connectivity index (χ0) is 8.74. The highest BCUT2D eigenvalue weighted by Gasteiger charge is 2.25. The molecule has 0 radical (unpaired) electrons. The summed E-state index contributed by atoms with van der Waals surface area (Å²) >= 11 is 0. The van der Waals surface area contributed by atoms with Gasteiger partial charge in [0.1, 0.15) is 0 Å². The van der Waals surface area contributed by atoms with Gasteiger partial charge in [-0.25, -0.2) is 25.2 Å². The zero-order valence-electron chi connectivity index (χ0n) is 6.44. The van der Waals surface area contributed by atoms with Crippen LogP contribution in [0.1, 0.15) is 20.3 Å². The lowest BCUT2D eigenvalue weighted by Crippen LogP contribution is -2.30. The Bertz CT molecular complexity index is 91.0. The number of hydrogen-bond acceptors (Lipinski definition) is 6. The van der Waals surface area contributed by atoms with Crippen LogP contribution in [0.3, 0.4) is 0 Å². The van der Waals surface area contributed by atoms with Gasteiger partial charge in [-0.2, -0.15) is 4.89 Å². The Morgan fingerprint density at radius 3 is 2.36 bits per heavy atom. The highest BCUT2D eigenvalue weighted by atomic mass is 17.3. The third kappa shape index (κ3) is 4.25. The molecular weight excluding hydrogens is 156 g/mol. The van der Waals surface area contributed by atoms with Gasteiger partial charge < -0.3 is 0 Å². The summed E-state index contributed by atoms with van der Waals surface area (Å²) in [4.78, 5) is 16.3. The Hall–Kier alpha value is -0.240. The van der Waals surface area contributed by atoms with Crippen LogP contribution < -0.4 is 0 Å². The van der Waals surface area contributed by atoms with Crippen LogP contribution in [0.15, 0.2) is 0 Å². The Morgan fingerprint density at radius 1 is 1.36 bits per heavy atom. The summed E-state index contributed by atoms with van der Waals surface area (Å²) in [6.45, 7) is 2.74. The smallest absolute Gasteiger partial charge is 0.230 e. The molecule has 6 heteroatoms. The van der Waals surface area contributed by atoms with E-state index in [1.165, 1.54) is 6.92 Å². The van der Waals surface area contributed by atoms with Gasteiger partial charge in [0.15, 0.2) is 0 Å². The maximum absolute atomic E-state index is 8.28. The lowest BCUT2D eigenvalue weighted by Gasteiger charge is -2.21. The van der Waals surface area contributed by atoms with E-state index >= 15 is 0 Å². The van der Waals surface area contributed by atoms with Crippen LogP contribution in [0.25, 0.3) is 0 Å². The normalized spacial score (nSPS) is 16.4. The zero-order valence-corrected chi connectivity index (χ0v) is 6.44. The quantitative estimate of drug-likeness (QED) is 0.266. The van der Waals surface area contributed by atoms with Crippen LogP contribution in [-0.4, -0.2) is 23.1 Å². The Labute approximate surface area is 64.0 Å². The molecule has 0 aliphatic carbocycles. The highest BCUT2D eigenvalue weighted by molar-refractivity contribution is 4.53. The summed E-state index contributed by atoms with van der Waals surface area (Å²) in [5.41, 5.74) is 0. The van der Waals surface area contributed by atoms with E-state index in [-0.39, 0.29) is 0 Å². The van der Waals surface area contributed by atoms with Crippen molar-refractivity contribution < 1.29 is 30.1 Å². The van der Waals surface area contributed by atoms with Crippen molar-refractivity contribution in [2.24, 2.45) is 0 Å². The fourth-order valence-corrected chi connectivity index (χ4v) is 0.309. The van der Waals surface area contributed by atoms with Crippen molar-refractivity contribution in [3.8, 4) is 0 Å². The van der Waals surface area contributed by atoms with Crippen molar-refractivity contribution in [3.63, 3.8) is 0 Å². The van der Waals surface area contributed by atoms with Crippen LogP contribution in [0, 0.1) is 0 Å². The predicted molar refractivity (Wildman–Crippen MR) is 33.2 cm³/mol. The topological polar surface area (TPSA) is 77.4 Å². The molecule has 0 aliphatic rings. The van der Waals surface area contributed by atoms with Gasteiger partial charge in [0.25, 0.3) is 0 Å². The van der Waals surface area contributed by atoms with E-state index in [0.29, 0.717) is 6.42 Å². The van der Waals surface area contributed by atoms with Crippen molar-refractivity contribution in [3.05, 3.63) is 0 Å². The van der Waals surface area contributed by atoms with Crippen molar-refractivity contribution in [1.82, 2.24) is 0 Å². The second kappa shape index (κ2) is 5.42. The van der Waals surface area contributed by atoms with E-state index in [2.05, 4.69) is 19.6 Å². The molecule has 0 aromatic heterocycles. The van der Waals surface area contributed by atoms with Crippen LogP contribution in [0.4, 0.5) is 0 Å². The minimum atomic E-state index is -1.22. The molecule has 0 fully saturated rings. The SMILES string of the molecule is CCC(C)(OO)OOCOO. The van der Waals surface area contributed by atoms with Crippen molar-refractivity contribution in [1.29, 1.82) is 0 Å². The maximum Gasteiger partial charge on any atom is 0.230 e. The molecule has 1 atom stereocenters. The maximum atomic E-state index is 8.28. The second-order valence-electron chi connectivity index (χ2n) is 2.03. The summed E-state index contributed by atoms with van der Waals surface area (Å²) < 4.78 is 0. The standard InChI is InChI=1S/C5H12O6/c1-3-5(2,10-7)11-9-4-8-6/h6-7H,3-4H2,1-2H3. The van der Waals surface area contributed by atoms with Crippen LogP contribution in [0.2, 0.25) is 0 Å². The minimum absolute atomic E-state index is 0.384. The first-order valence-electron chi connectivity index (χ1n) is 3.08. The molecule has 68 valence electrons. The van der Waals surface area contributed by atoms with Gasteiger partial charge in [-0.15, -0.1) is 0 Å². The molecule has 0 saturated heterocycles. The number of hydrogen-bond donors (Lipinski definition) is 2. The Morgan fingerprint density at radius 2 is 2.00 bits per heavy atom. The van der Waals surface area contributed by atoms with Crippen LogP contribution in [0.5, 0.6) is 0 Å². The molecule has 2 N–H and O–H groups in total. The third-order valence-corrected chi connectivity index (χ3v) is 1.17. The van der Waals surface area contributed by atoms with Gasteiger partial charge in [-0.05, 0) is 6.92 Å². The van der Waals surface area contributed by atoms with Gasteiger partial charge in [0.2, 0.25) is 12.6 Å². The fraction of sp³-hybridized carbons (Fsp3) is 1.00. The molecule has 1 unspecified atom stereocenters. The fourth-order valence-electron chi connectivity index (χ4n) is 0.309. The average molecular weight is 168 g/mol. The molecule has 0 spiro atoms. The van der Waals surface area contributed by atoms with Gasteiger partial charge in [-0.1, -0.05) is 6.92 Å². The van der Waals surface area contributed by atoms with E-state index in [1.807, 2.05) is 0 Å². The molecule has 0 rings (SSSR count). The Kier molecular flexibility index (Phi) is 5.30. The first kappa shape index (κ1) is 10.8. The molecule has 0 aliphatic heterocycles. The highest BCUT2D eigenvalue weighted by Crippen LogP contribution is 2.15. The molecule has 11 heavy (non-hydrogen) atoms. The predicted octanol–water partition coefficient (Wildman–Crippen LogP) is 0.998. The van der Waals surface area contributed by atoms with E-state index < -0.39 is 12.6 Å². The van der Waals surface area contributed by atoms with Gasteiger partial charge in [-0.3, -0.25) is 0 Å². The Balaban J connectivity index is 3.51. The molecule has 0 saturated carbocycles. The summed E-state index contributed by atoms with van der Waals surface area (Å²) in [6.07, 6.45) is 0.384. The van der Waals surface area contributed by atoms with E-state index in [0.717, 1.165) is 0 Å².